The van der Waals surface area contributed by atoms with Crippen LogP contribution in [0.4, 0.5) is 23.7 Å². The number of carboxylic acid groups (broad SMARTS) is 1. The second kappa shape index (κ2) is 13.5. The van der Waals surface area contributed by atoms with Crippen molar-refractivity contribution in [3.8, 4) is 5.75 Å². The van der Waals surface area contributed by atoms with Gasteiger partial charge < -0.3 is 25.4 Å². The minimum atomic E-state index is -4.82. The maximum Gasteiger partial charge on any atom is 0.573 e. The van der Waals surface area contributed by atoms with Crippen LogP contribution in [0.15, 0.2) is 72.8 Å². The van der Waals surface area contributed by atoms with Crippen LogP contribution in [-0.2, 0) is 17.8 Å². The van der Waals surface area contributed by atoms with Crippen molar-refractivity contribution in [3.63, 3.8) is 0 Å². The number of nitrogens with zero attached hydrogens (tertiary/aromatic N) is 1. The Morgan fingerprint density at radius 1 is 0.949 bits per heavy atom. The Balaban J connectivity index is 1.69. The van der Waals surface area contributed by atoms with E-state index >= 15 is 0 Å². The van der Waals surface area contributed by atoms with Crippen molar-refractivity contribution in [1.82, 2.24) is 10.2 Å². The van der Waals surface area contributed by atoms with Crippen LogP contribution >= 0.6 is 11.6 Å². The summed E-state index contributed by atoms with van der Waals surface area (Å²) in [4.78, 5) is 37.5. The lowest BCUT2D eigenvalue weighted by molar-refractivity contribution is -0.274. The second-order valence-electron chi connectivity index (χ2n) is 8.40. The van der Waals surface area contributed by atoms with Crippen molar-refractivity contribution in [2.45, 2.75) is 25.7 Å². The average molecular weight is 564 g/mol. The summed E-state index contributed by atoms with van der Waals surface area (Å²) < 4.78 is 41.1. The van der Waals surface area contributed by atoms with E-state index in [0.29, 0.717) is 29.1 Å². The molecular weight excluding hydrogens is 539 g/mol. The Bertz CT molecular complexity index is 1290. The predicted molar refractivity (Wildman–Crippen MR) is 139 cm³/mol. The Morgan fingerprint density at radius 3 is 2.26 bits per heavy atom. The summed E-state index contributed by atoms with van der Waals surface area (Å²) >= 11 is 6.06. The van der Waals surface area contributed by atoms with Crippen LogP contribution in [-0.4, -0.2) is 47.4 Å². The van der Waals surface area contributed by atoms with E-state index in [4.69, 9.17) is 16.7 Å². The first-order valence-electron chi connectivity index (χ1n) is 11.7. The van der Waals surface area contributed by atoms with Gasteiger partial charge in [-0.3, -0.25) is 9.59 Å². The van der Waals surface area contributed by atoms with Gasteiger partial charge in [-0.25, -0.2) is 4.79 Å². The van der Waals surface area contributed by atoms with Gasteiger partial charge in [0.1, 0.15) is 5.75 Å². The average Bonchev–Trinajstić information content (AvgIpc) is 2.87. The number of anilines is 1. The number of halogens is 4. The number of aliphatic carboxylic acids is 1. The first kappa shape index (κ1) is 29.3. The number of amides is 3. The van der Waals surface area contributed by atoms with Gasteiger partial charge in [0.2, 0.25) is 0 Å². The van der Waals surface area contributed by atoms with Gasteiger partial charge in [-0.2, -0.15) is 0 Å². The molecule has 3 aromatic carbocycles. The van der Waals surface area contributed by atoms with Gasteiger partial charge in [0, 0.05) is 35.9 Å². The van der Waals surface area contributed by atoms with E-state index in [1.54, 1.807) is 42.5 Å². The van der Waals surface area contributed by atoms with E-state index in [0.717, 1.165) is 17.7 Å². The first-order chi connectivity index (χ1) is 18.5. The molecule has 0 saturated carbocycles. The molecule has 0 aliphatic carbocycles. The minimum Gasteiger partial charge on any atom is -0.481 e. The third-order valence-corrected chi connectivity index (χ3v) is 5.63. The molecule has 3 N–H and O–H groups in total. The van der Waals surface area contributed by atoms with Gasteiger partial charge in [0.05, 0.1) is 6.42 Å². The molecule has 3 rings (SSSR count). The third-order valence-electron chi connectivity index (χ3n) is 5.40. The van der Waals surface area contributed by atoms with Gasteiger partial charge in [-0.05, 0) is 66.1 Å². The molecule has 12 heteroatoms. The molecule has 0 radical (unpaired) electrons. The Kier molecular flexibility index (Phi) is 10.2. The maximum absolute atomic E-state index is 13.1. The number of benzene rings is 3. The Hall–Kier alpha value is -4.25. The number of carbonyl (C=O) groups is 3. The number of urea groups is 1. The van der Waals surface area contributed by atoms with Crippen LogP contribution in [0.2, 0.25) is 5.02 Å². The fourth-order valence-corrected chi connectivity index (χ4v) is 3.73. The number of carbonyl (C=O) groups excluding carboxylic acids is 2. The highest BCUT2D eigenvalue weighted by atomic mass is 35.5. The minimum absolute atomic E-state index is 0.00329. The van der Waals surface area contributed by atoms with Crippen LogP contribution in [0, 0.1) is 0 Å². The van der Waals surface area contributed by atoms with Gasteiger partial charge in [0.15, 0.2) is 0 Å². The van der Waals surface area contributed by atoms with E-state index in [9.17, 15) is 27.6 Å². The lowest BCUT2D eigenvalue weighted by atomic mass is 10.1. The normalized spacial score (nSPS) is 11.0. The Morgan fingerprint density at radius 2 is 1.64 bits per heavy atom. The van der Waals surface area contributed by atoms with Crippen LogP contribution in [0.25, 0.3) is 0 Å². The highest BCUT2D eigenvalue weighted by Crippen LogP contribution is 2.24. The summed E-state index contributed by atoms with van der Waals surface area (Å²) in [7, 11) is 0. The molecular formula is C27H25ClF3N3O5. The summed E-state index contributed by atoms with van der Waals surface area (Å²) in [5.41, 5.74) is 2.23. The smallest absolute Gasteiger partial charge is 0.481 e. The van der Waals surface area contributed by atoms with E-state index < -0.39 is 30.0 Å². The molecule has 3 amide bonds. The van der Waals surface area contributed by atoms with Crippen LogP contribution < -0.4 is 15.4 Å². The zero-order valence-electron chi connectivity index (χ0n) is 20.5. The highest BCUT2D eigenvalue weighted by molar-refractivity contribution is 6.30. The van der Waals surface area contributed by atoms with Crippen LogP contribution in [0.5, 0.6) is 5.75 Å². The van der Waals surface area contributed by atoms with Crippen molar-refractivity contribution in [1.29, 1.82) is 0 Å². The molecule has 0 aromatic heterocycles. The molecule has 0 aliphatic rings. The van der Waals surface area contributed by atoms with Gasteiger partial charge in [0.25, 0.3) is 5.91 Å². The van der Waals surface area contributed by atoms with Crippen molar-refractivity contribution in [2.75, 3.05) is 18.4 Å². The van der Waals surface area contributed by atoms with Crippen LogP contribution in [0.1, 0.15) is 27.9 Å². The van der Waals surface area contributed by atoms with E-state index in [-0.39, 0.29) is 25.2 Å². The quantitative estimate of drug-likeness (QED) is 0.276. The van der Waals surface area contributed by atoms with Crippen molar-refractivity contribution in [2.24, 2.45) is 0 Å². The summed E-state index contributed by atoms with van der Waals surface area (Å²) in [5, 5.41) is 14.4. The fraction of sp³-hybridized carbons (Fsp3) is 0.222. The third kappa shape index (κ3) is 10.2. The molecule has 0 bridgehead atoms. The topological polar surface area (TPSA) is 108 Å². The van der Waals surface area contributed by atoms with Crippen molar-refractivity contribution < 1.29 is 37.4 Å². The molecule has 0 fully saturated rings. The number of carboxylic acids is 1. The molecule has 206 valence electrons. The summed E-state index contributed by atoms with van der Waals surface area (Å²) in [6, 6.07) is 18.0. The summed E-state index contributed by atoms with van der Waals surface area (Å²) in [5.74, 6) is -1.85. The molecule has 0 spiro atoms. The van der Waals surface area contributed by atoms with E-state index in [1.807, 2.05) is 6.07 Å². The van der Waals surface area contributed by atoms with Crippen molar-refractivity contribution >= 4 is 35.2 Å². The Labute approximate surface area is 227 Å². The maximum atomic E-state index is 13.1. The molecule has 0 heterocycles. The van der Waals surface area contributed by atoms with Gasteiger partial charge in [-0.1, -0.05) is 35.9 Å². The lowest BCUT2D eigenvalue weighted by Crippen LogP contribution is -2.36. The number of rotatable bonds is 11. The van der Waals surface area contributed by atoms with E-state index in [2.05, 4.69) is 15.4 Å². The van der Waals surface area contributed by atoms with Gasteiger partial charge >= 0.3 is 18.4 Å². The second-order valence-corrected chi connectivity index (χ2v) is 8.84. The van der Waals surface area contributed by atoms with Crippen LogP contribution in [0.3, 0.4) is 0 Å². The molecule has 0 saturated heterocycles. The highest BCUT2D eigenvalue weighted by Gasteiger charge is 2.31. The summed E-state index contributed by atoms with van der Waals surface area (Å²) in [6.45, 7) is 0.456. The zero-order valence-corrected chi connectivity index (χ0v) is 21.3. The lowest BCUT2D eigenvalue weighted by Gasteiger charge is -2.24. The predicted octanol–water partition coefficient (Wildman–Crippen LogP) is 5.72. The molecule has 0 unspecified atom stereocenters. The monoisotopic (exact) mass is 563 g/mol. The number of alkyl halides is 3. The molecule has 39 heavy (non-hydrogen) atoms. The molecule has 3 aromatic rings. The molecule has 0 aliphatic heterocycles. The fourth-order valence-electron chi connectivity index (χ4n) is 3.52. The first-order valence-corrected chi connectivity index (χ1v) is 12.1. The SMILES string of the molecule is O=C(O)CCNC(=O)c1ccc(CN(CCc2cccc(Cl)c2)C(=O)Nc2ccc(OC(F)(F)F)cc2)cc1. The van der Waals surface area contributed by atoms with Crippen molar-refractivity contribution in [3.05, 3.63) is 94.5 Å². The summed E-state index contributed by atoms with van der Waals surface area (Å²) in [6.07, 6.45) is -4.54. The molecule has 0 atom stereocenters. The van der Waals surface area contributed by atoms with Gasteiger partial charge in [-0.15, -0.1) is 13.2 Å². The standard InChI is InChI=1S/C27H25ClF3N3O5/c28-21-3-1-2-18(16-21)13-15-34(26(38)33-22-8-10-23(11-9-22)39-27(29,30)31)17-19-4-6-20(7-5-19)25(37)32-14-12-24(35)36/h1-11,16H,12-15,17H2,(H,32,37)(H,33,38)(H,35,36). The number of hydrogen-bond acceptors (Lipinski definition) is 4. The largest absolute Gasteiger partial charge is 0.573 e. The molecule has 8 nitrogen and oxygen atoms in total. The number of nitrogens with one attached hydrogen (secondary N) is 2. The zero-order chi connectivity index (χ0) is 28.4. The number of ether oxygens (including phenoxy) is 1. The van der Waals surface area contributed by atoms with E-state index in [1.165, 1.54) is 17.0 Å². The number of hydrogen-bond donors (Lipinski definition) is 3.